The first-order valence-corrected chi connectivity index (χ1v) is 11.0. The lowest BCUT2D eigenvalue weighted by molar-refractivity contribution is -0.122. The molecule has 5 rings (SSSR count). The normalized spacial score (nSPS) is 18.1. The van der Waals surface area contributed by atoms with Crippen LogP contribution in [0, 0.1) is 0 Å². The maximum atomic E-state index is 13.2. The molecule has 162 valence electrons. The molecule has 4 aromatic rings. The Hall–Kier alpha value is -3.52. The van der Waals surface area contributed by atoms with Crippen LogP contribution in [0.25, 0.3) is 21.7 Å². The van der Waals surface area contributed by atoms with E-state index in [0.29, 0.717) is 24.6 Å². The van der Waals surface area contributed by atoms with Gasteiger partial charge in [-0.3, -0.25) is 14.2 Å². The second kappa shape index (κ2) is 8.55. The minimum absolute atomic E-state index is 0.0386. The fourth-order valence-electron chi connectivity index (χ4n) is 3.82. The number of fused-ring (bicyclic) bond motifs is 1. The Morgan fingerprint density at radius 1 is 1.22 bits per heavy atom. The van der Waals surface area contributed by atoms with Crippen molar-refractivity contribution in [1.82, 2.24) is 19.9 Å². The number of nitrogens with one attached hydrogen (secondary N) is 1. The molecule has 1 unspecified atom stereocenters. The van der Waals surface area contributed by atoms with E-state index in [1.165, 1.54) is 7.05 Å². The molecule has 8 heteroatoms. The Labute approximate surface area is 196 Å². The van der Waals surface area contributed by atoms with Crippen molar-refractivity contribution in [2.24, 2.45) is 7.05 Å². The highest BCUT2D eigenvalue weighted by Gasteiger charge is 2.33. The average Bonchev–Trinajstić information content (AvgIpc) is 3.56. The van der Waals surface area contributed by atoms with E-state index in [2.05, 4.69) is 15.3 Å². The van der Waals surface area contributed by atoms with Gasteiger partial charge in [0.15, 0.2) is 15.5 Å². The molecule has 0 bridgehead atoms. The zero-order chi connectivity index (χ0) is 26.4. The lowest BCUT2D eigenvalue weighted by atomic mass is 10.2. The summed E-state index contributed by atoms with van der Waals surface area (Å²) in [6.45, 7) is 1.01. The van der Waals surface area contributed by atoms with Crippen LogP contribution >= 0.6 is 11.3 Å². The molecule has 1 fully saturated rings. The number of anilines is 1. The Morgan fingerprint density at radius 3 is 2.78 bits per heavy atom. The summed E-state index contributed by atoms with van der Waals surface area (Å²) in [5, 5.41) is 3.46. The fourth-order valence-corrected chi connectivity index (χ4v) is 4.83. The fraction of sp³-hybridized carbons (Fsp3) is 0.250. The van der Waals surface area contributed by atoms with Crippen LogP contribution in [0.3, 0.4) is 0 Å². The van der Waals surface area contributed by atoms with Gasteiger partial charge in [0.1, 0.15) is 11.9 Å². The number of thiazole rings is 1. The van der Waals surface area contributed by atoms with Gasteiger partial charge in [0.05, 0.1) is 6.85 Å². The van der Waals surface area contributed by atoms with Crippen LogP contribution < -0.4 is 15.8 Å². The second-order valence-corrected chi connectivity index (χ2v) is 8.46. The number of rotatable bonds is 5. The predicted octanol–water partition coefficient (Wildman–Crippen LogP) is 3.34. The van der Waals surface area contributed by atoms with Gasteiger partial charge in [0.2, 0.25) is 5.91 Å². The number of carbonyl (C=O) groups is 1. The van der Waals surface area contributed by atoms with Gasteiger partial charge < -0.3 is 10.2 Å². The van der Waals surface area contributed by atoms with Gasteiger partial charge in [0, 0.05) is 25.7 Å². The molecule has 1 aliphatic heterocycles. The van der Waals surface area contributed by atoms with E-state index in [1.54, 1.807) is 0 Å². The number of amides is 1. The molecule has 1 atom stereocenters. The summed E-state index contributed by atoms with van der Waals surface area (Å²) in [5.74, 6) is -0.162. The Morgan fingerprint density at radius 2 is 2.00 bits per heavy atom. The molecule has 3 heterocycles. The van der Waals surface area contributed by atoms with Crippen LogP contribution in [0.4, 0.5) is 5.13 Å². The van der Waals surface area contributed by atoms with Crippen LogP contribution in [0.15, 0.2) is 65.3 Å². The standard InChI is InChI=1S/C24H23N5O2S/c1-28-20(17-11-6-3-7-12-17)27-22-19(23(28)31)26-24(32-22)29-14-8-13-18(29)21(30)25-15-16-9-4-2-5-10-16/h2-7,9-12,18H,8,13-15H2,1H3,(H,25,30)/i3D,6D,7D,11D,12D. The molecule has 2 aromatic carbocycles. The monoisotopic (exact) mass is 450 g/mol. The molecule has 1 amide bonds. The quantitative estimate of drug-likeness (QED) is 0.504. The molecular formula is C24H23N5O2S. The second-order valence-electron chi connectivity index (χ2n) is 7.50. The highest BCUT2D eigenvalue weighted by Crippen LogP contribution is 2.32. The first-order valence-electron chi connectivity index (χ1n) is 12.7. The van der Waals surface area contributed by atoms with Gasteiger partial charge >= 0.3 is 0 Å². The van der Waals surface area contributed by atoms with E-state index in [1.807, 2.05) is 35.2 Å². The molecule has 2 aromatic heterocycles. The highest BCUT2D eigenvalue weighted by atomic mass is 32.1. The lowest BCUT2D eigenvalue weighted by Gasteiger charge is -2.23. The third kappa shape index (κ3) is 3.78. The number of aromatic nitrogens is 3. The van der Waals surface area contributed by atoms with Crippen molar-refractivity contribution in [2.75, 3.05) is 11.4 Å². The summed E-state index contributed by atoms with van der Waals surface area (Å²) in [6.07, 6.45) is 1.44. The number of carbonyl (C=O) groups excluding carboxylic acids is 1. The van der Waals surface area contributed by atoms with Gasteiger partial charge in [0.25, 0.3) is 5.56 Å². The Kier molecular flexibility index (Phi) is 4.09. The molecule has 1 saturated heterocycles. The molecule has 32 heavy (non-hydrogen) atoms. The summed E-state index contributed by atoms with van der Waals surface area (Å²) < 4.78 is 41.4. The molecule has 0 radical (unpaired) electrons. The van der Waals surface area contributed by atoms with E-state index in [-0.39, 0.29) is 27.6 Å². The molecule has 0 saturated carbocycles. The topological polar surface area (TPSA) is 80.1 Å². The van der Waals surface area contributed by atoms with Gasteiger partial charge in [-0.1, -0.05) is 71.9 Å². The molecule has 1 aliphatic rings. The number of hydrogen-bond donors (Lipinski definition) is 1. The van der Waals surface area contributed by atoms with Gasteiger partial charge in [-0.25, -0.2) is 9.97 Å². The van der Waals surface area contributed by atoms with Gasteiger partial charge in [-0.15, -0.1) is 0 Å². The molecular weight excluding hydrogens is 422 g/mol. The van der Waals surface area contributed by atoms with Crippen molar-refractivity contribution in [3.63, 3.8) is 0 Å². The van der Waals surface area contributed by atoms with E-state index in [4.69, 9.17) is 6.85 Å². The zero-order valence-electron chi connectivity index (χ0n) is 22.3. The van der Waals surface area contributed by atoms with Crippen molar-refractivity contribution < 1.29 is 11.6 Å². The first-order chi connectivity index (χ1) is 17.7. The van der Waals surface area contributed by atoms with E-state index in [0.717, 1.165) is 27.9 Å². The largest absolute Gasteiger partial charge is 0.350 e. The minimum atomic E-state index is -0.518. The van der Waals surface area contributed by atoms with Gasteiger partial charge in [-0.05, 0) is 18.4 Å². The molecule has 0 spiro atoms. The summed E-state index contributed by atoms with van der Waals surface area (Å²) in [4.78, 5) is 37.3. The Bertz CT molecular complexity index is 1560. The summed E-state index contributed by atoms with van der Waals surface area (Å²) in [6, 6.07) is 6.78. The minimum Gasteiger partial charge on any atom is -0.350 e. The van der Waals surface area contributed by atoms with Crippen LogP contribution in [0.1, 0.15) is 25.3 Å². The predicted molar refractivity (Wildman–Crippen MR) is 127 cm³/mol. The third-order valence-electron chi connectivity index (χ3n) is 5.46. The third-order valence-corrected chi connectivity index (χ3v) is 6.45. The van der Waals surface area contributed by atoms with Crippen molar-refractivity contribution in [3.8, 4) is 11.4 Å². The van der Waals surface area contributed by atoms with Crippen molar-refractivity contribution in [3.05, 3.63) is 76.5 Å². The Balaban J connectivity index is 1.51. The van der Waals surface area contributed by atoms with Crippen molar-refractivity contribution >= 4 is 32.7 Å². The van der Waals surface area contributed by atoms with Crippen LogP contribution in [0.2, 0.25) is 0 Å². The molecule has 7 nitrogen and oxygen atoms in total. The number of hydrogen-bond acceptors (Lipinski definition) is 6. The van der Waals surface area contributed by atoms with Crippen molar-refractivity contribution in [1.29, 1.82) is 0 Å². The van der Waals surface area contributed by atoms with E-state index < -0.39 is 41.8 Å². The van der Waals surface area contributed by atoms with Crippen LogP contribution in [-0.4, -0.2) is 33.0 Å². The maximum absolute atomic E-state index is 13.2. The SMILES string of the molecule is [2H]c1c([2H])c([2H])c(-c2nc3sc(N4CCCC4C(=O)NCc4ccccc4)nc3c(=O)n2C)c([2H])c1[2H]. The summed E-state index contributed by atoms with van der Waals surface area (Å²) in [5.41, 5.74) is 0.447. The first kappa shape index (κ1) is 15.3. The average molecular weight is 451 g/mol. The summed E-state index contributed by atoms with van der Waals surface area (Å²) in [7, 11) is 1.43. The van der Waals surface area contributed by atoms with Crippen molar-refractivity contribution in [2.45, 2.75) is 25.4 Å². The lowest BCUT2D eigenvalue weighted by Crippen LogP contribution is -2.43. The van der Waals surface area contributed by atoms with Gasteiger partial charge in [-0.2, -0.15) is 0 Å². The number of benzene rings is 2. The number of nitrogens with zero attached hydrogens (tertiary/aromatic N) is 4. The zero-order valence-corrected chi connectivity index (χ0v) is 18.1. The van der Waals surface area contributed by atoms with Crippen LogP contribution in [0.5, 0.6) is 0 Å². The smallest absolute Gasteiger partial charge is 0.281 e. The highest BCUT2D eigenvalue weighted by molar-refractivity contribution is 7.21. The molecule has 1 N–H and O–H groups in total. The van der Waals surface area contributed by atoms with E-state index in [9.17, 15) is 9.59 Å². The molecule has 0 aliphatic carbocycles. The van der Waals surface area contributed by atoms with E-state index >= 15 is 0 Å². The maximum Gasteiger partial charge on any atom is 0.281 e. The van der Waals surface area contributed by atoms with Crippen LogP contribution in [-0.2, 0) is 18.4 Å². The summed E-state index contributed by atoms with van der Waals surface area (Å²) >= 11 is 1.14.